The fraction of sp³-hybridized carbons (Fsp3) is 0.545. The van der Waals surface area contributed by atoms with Crippen LogP contribution in [0.5, 0.6) is 0 Å². The van der Waals surface area contributed by atoms with Gasteiger partial charge in [-0.25, -0.2) is 0 Å². The van der Waals surface area contributed by atoms with E-state index in [2.05, 4.69) is 10.6 Å². The summed E-state index contributed by atoms with van der Waals surface area (Å²) in [6.07, 6.45) is 1.79. The number of rotatable bonds is 7. The minimum absolute atomic E-state index is 0.207. The minimum atomic E-state index is -0.784. The molecule has 3 amide bonds. The fourth-order valence-corrected chi connectivity index (χ4v) is 4.21. The van der Waals surface area contributed by atoms with E-state index in [1.807, 2.05) is 26.8 Å². The number of anilines is 1. The molecule has 2 atom stereocenters. The minimum Gasteiger partial charge on any atom is -0.481 e. The molecule has 1 saturated heterocycles. The first-order chi connectivity index (χ1) is 14.1. The highest BCUT2D eigenvalue weighted by Crippen LogP contribution is 2.33. The highest BCUT2D eigenvalue weighted by Gasteiger charge is 2.39. The van der Waals surface area contributed by atoms with Gasteiger partial charge in [0, 0.05) is 36.3 Å². The summed E-state index contributed by atoms with van der Waals surface area (Å²) in [5.74, 6) is -2.15. The molecule has 0 radical (unpaired) electrons. The second kappa shape index (κ2) is 8.45. The number of carbonyl (C=O) groups excluding carboxylic acids is 3. The maximum Gasteiger partial charge on any atom is 0.307 e. The Hall–Kier alpha value is -2.90. The molecule has 2 unspecified atom stereocenters. The number of carboxylic acids is 1. The van der Waals surface area contributed by atoms with E-state index < -0.39 is 23.8 Å². The van der Waals surface area contributed by atoms with Crippen molar-refractivity contribution in [3.05, 3.63) is 29.3 Å². The van der Waals surface area contributed by atoms with E-state index in [9.17, 15) is 24.3 Å². The predicted molar refractivity (Wildman–Crippen MR) is 111 cm³/mol. The number of carbonyl (C=O) groups is 4. The summed E-state index contributed by atoms with van der Waals surface area (Å²) in [7, 11) is 0. The van der Waals surface area contributed by atoms with Crippen molar-refractivity contribution in [3.8, 4) is 0 Å². The van der Waals surface area contributed by atoms with E-state index in [-0.39, 0.29) is 23.7 Å². The van der Waals surface area contributed by atoms with Gasteiger partial charge in [-0.2, -0.15) is 0 Å². The van der Waals surface area contributed by atoms with Gasteiger partial charge in [-0.05, 0) is 36.8 Å². The van der Waals surface area contributed by atoms with E-state index in [0.29, 0.717) is 37.9 Å². The molecule has 1 fully saturated rings. The number of nitrogens with zero attached hydrogens (tertiary/aromatic N) is 1. The monoisotopic (exact) mass is 415 g/mol. The Morgan fingerprint density at radius 3 is 2.67 bits per heavy atom. The molecule has 3 rings (SSSR count). The first kappa shape index (κ1) is 21.8. The van der Waals surface area contributed by atoms with Gasteiger partial charge < -0.3 is 15.3 Å². The first-order valence-corrected chi connectivity index (χ1v) is 10.3. The van der Waals surface area contributed by atoms with Gasteiger partial charge in [-0.15, -0.1) is 0 Å². The van der Waals surface area contributed by atoms with E-state index in [1.54, 1.807) is 12.1 Å². The van der Waals surface area contributed by atoms with Gasteiger partial charge in [0.2, 0.25) is 11.8 Å². The third kappa shape index (κ3) is 4.47. The van der Waals surface area contributed by atoms with Gasteiger partial charge >= 0.3 is 5.97 Å². The zero-order chi connectivity index (χ0) is 22.1. The highest BCUT2D eigenvalue weighted by atomic mass is 16.4. The van der Waals surface area contributed by atoms with Gasteiger partial charge in [0.25, 0.3) is 5.91 Å². The molecule has 0 bridgehead atoms. The maximum atomic E-state index is 12.8. The number of hydrogen-bond acceptors (Lipinski definition) is 5. The molecule has 30 heavy (non-hydrogen) atoms. The molecule has 0 aliphatic carbocycles. The van der Waals surface area contributed by atoms with Crippen LogP contribution in [0, 0.1) is 11.3 Å². The van der Waals surface area contributed by atoms with Gasteiger partial charge in [0.1, 0.15) is 6.04 Å². The van der Waals surface area contributed by atoms with Crippen molar-refractivity contribution in [2.75, 3.05) is 11.9 Å². The standard InChI is InChI=1S/C22H29N3O5/c1-22(2,3)15(21(29)30)7-5-11-23-16-8-4-6-13-14(16)12-25(20(13)28)17-9-10-18(26)24-19(17)27/h4,6,8,15,17,23H,5,7,9-12H2,1-3H3,(H,29,30)(H,24,26,27). The number of fused-ring (bicyclic) bond motifs is 1. The molecular formula is C22H29N3O5. The molecule has 3 N–H and O–H groups in total. The molecule has 0 spiro atoms. The number of benzene rings is 1. The normalized spacial score (nSPS) is 20.0. The lowest BCUT2D eigenvalue weighted by Gasteiger charge is -2.29. The van der Waals surface area contributed by atoms with E-state index in [0.717, 1.165) is 11.3 Å². The second-order valence-corrected chi connectivity index (χ2v) is 9.06. The molecule has 8 heteroatoms. The summed E-state index contributed by atoms with van der Waals surface area (Å²) in [5, 5.41) is 15.1. The summed E-state index contributed by atoms with van der Waals surface area (Å²) >= 11 is 0. The largest absolute Gasteiger partial charge is 0.481 e. The van der Waals surface area contributed by atoms with Crippen LogP contribution in [-0.4, -0.2) is 46.3 Å². The molecule has 0 saturated carbocycles. The molecule has 2 aliphatic rings. The molecule has 2 heterocycles. The lowest BCUT2D eigenvalue weighted by atomic mass is 9.78. The zero-order valence-electron chi connectivity index (χ0n) is 17.7. The Labute approximate surface area is 176 Å². The fourth-order valence-electron chi connectivity index (χ4n) is 4.21. The van der Waals surface area contributed by atoms with Crippen molar-refractivity contribution in [1.82, 2.24) is 10.2 Å². The van der Waals surface area contributed by atoms with Crippen molar-refractivity contribution >= 4 is 29.4 Å². The van der Waals surface area contributed by atoms with Crippen molar-refractivity contribution in [2.45, 2.75) is 59.0 Å². The summed E-state index contributed by atoms with van der Waals surface area (Å²) in [4.78, 5) is 49.5. The average Bonchev–Trinajstić information content (AvgIpc) is 2.97. The van der Waals surface area contributed by atoms with E-state index in [1.165, 1.54) is 4.90 Å². The van der Waals surface area contributed by atoms with Crippen LogP contribution in [0.25, 0.3) is 0 Å². The number of imide groups is 1. The average molecular weight is 415 g/mol. The zero-order valence-corrected chi connectivity index (χ0v) is 17.7. The maximum absolute atomic E-state index is 12.8. The molecule has 2 aliphatic heterocycles. The lowest BCUT2D eigenvalue weighted by molar-refractivity contribution is -0.146. The van der Waals surface area contributed by atoms with Crippen LogP contribution in [-0.2, 0) is 20.9 Å². The Kier molecular flexibility index (Phi) is 6.14. The third-order valence-electron chi connectivity index (χ3n) is 5.91. The molecule has 162 valence electrons. The van der Waals surface area contributed by atoms with Gasteiger partial charge in [0.05, 0.1) is 5.92 Å². The number of hydrogen-bond donors (Lipinski definition) is 3. The number of carboxylic acid groups (broad SMARTS) is 1. The Morgan fingerprint density at radius 2 is 2.03 bits per heavy atom. The number of aliphatic carboxylic acids is 1. The van der Waals surface area contributed by atoms with E-state index in [4.69, 9.17) is 0 Å². The van der Waals surface area contributed by atoms with Gasteiger partial charge in [-0.3, -0.25) is 24.5 Å². The lowest BCUT2D eigenvalue weighted by Crippen LogP contribution is -2.52. The summed E-state index contributed by atoms with van der Waals surface area (Å²) < 4.78 is 0. The highest BCUT2D eigenvalue weighted by molar-refractivity contribution is 6.06. The molecular weight excluding hydrogens is 386 g/mol. The summed E-state index contributed by atoms with van der Waals surface area (Å²) in [5.41, 5.74) is 1.90. The molecule has 8 nitrogen and oxygen atoms in total. The second-order valence-electron chi connectivity index (χ2n) is 9.06. The summed E-state index contributed by atoms with van der Waals surface area (Å²) in [6, 6.07) is 4.79. The smallest absolute Gasteiger partial charge is 0.307 e. The van der Waals surface area contributed by atoms with Gasteiger partial charge in [0.15, 0.2) is 0 Å². The van der Waals surface area contributed by atoms with Crippen LogP contribution in [0.1, 0.15) is 62.4 Å². The van der Waals surface area contributed by atoms with E-state index >= 15 is 0 Å². The molecule has 1 aromatic carbocycles. The van der Waals surface area contributed by atoms with Crippen LogP contribution >= 0.6 is 0 Å². The van der Waals surface area contributed by atoms with Crippen molar-refractivity contribution in [1.29, 1.82) is 0 Å². The van der Waals surface area contributed by atoms with Crippen molar-refractivity contribution in [2.24, 2.45) is 11.3 Å². The van der Waals surface area contributed by atoms with Crippen LogP contribution in [0.15, 0.2) is 18.2 Å². The van der Waals surface area contributed by atoms with Crippen LogP contribution in [0.4, 0.5) is 5.69 Å². The van der Waals surface area contributed by atoms with Gasteiger partial charge in [-0.1, -0.05) is 26.8 Å². The van der Waals surface area contributed by atoms with Crippen LogP contribution in [0.2, 0.25) is 0 Å². The van der Waals surface area contributed by atoms with Crippen molar-refractivity contribution in [3.63, 3.8) is 0 Å². The number of nitrogens with one attached hydrogen (secondary N) is 2. The quantitative estimate of drug-likeness (QED) is 0.465. The summed E-state index contributed by atoms with van der Waals surface area (Å²) in [6.45, 7) is 6.68. The topological polar surface area (TPSA) is 116 Å². The molecule has 1 aromatic rings. The Bertz CT molecular complexity index is 874. The SMILES string of the molecule is CC(C)(C)C(CCCNc1cccc2c1CN(C1CCC(=O)NC1=O)C2=O)C(=O)O. The number of amides is 3. The third-order valence-corrected chi connectivity index (χ3v) is 5.91. The van der Waals surface area contributed by atoms with Crippen LogP contribution in [0.3, 0.4) is 0 Å². The van der Waals surface area contributed by atoms with Crippen molar-refractivity contribution < 1.29 is 24.3 Å². The number of piperidine rings is 1. The first-order valence-electron chi connectivity index (χ1n) is 10.3. The Morgan fingerprint density at radius 1 is 1.30 bits per heavy atom. The predicted octanol–water partition coefficient (Wildman–Crippen LogP) is 2.39. The van der Waals surface area contributed by atoms with Crippen LogP contribution < -0.4 is 10.6 Å². The molecule has 0 aromatic heterocycles. The Balaban J connectivity index is 1.64.